The lowest BCUT2D eigenvalue weighted by atomic mass is 10.1. The predicted molar refractivity (Wildman–Crippen MR) is 78.6 cm³/mol. The fourth-order valence-electron chi connectivity index (χ4n) is 2.04. The van der Waals surface area contributed by atoms with Crippen molar-refractivity contribution in [2.45, 2.75) is 19.4 Å². The van der Waals surface area contributed by atoms with Gasteiger partial charge in [-0.25, -0.2) is 0 Å². The molecule has 0 unspecified atom stereocenters. The molecule has 0 bridgehead atoms. The van der Waals surface area contributed by atoms with E-state index in [-0.39, 0.29) is 5.91 Å². The fraction of sp³-hybridized carbons (Fsp3) is 0.375. The second-order valence-electron chi connectivity index (χ2n) is 4.75. The Morgan fingerprint density at radius 3 is 2.95 bits per heavy atom. The quantitative estimate of drug-likeness (QED) is 0.748. The molecule has 0 atom stereocenters. The van der Waals surface area contributed by atoms with Crippen molar-refractivity contribution in [2.75, 3.05) is 20.3 Å². The molecule has 0 aliphatic heterocycles. The van der Waals surface area contributed by atoms with E-state index in [2.05, 4.69) is 4.98 Å². The van der Waals surface area contributed by atoms with Crippen LogP contribution >= 0.6 is 0 Å². The third-order valence-electron chi connectivity index (χ3n) is 3.20. The van der Waals surface area contributed by atoms with E-state index in [0.717, 1.165) is 11.3 Å². The summed E-state index contributed by atoms with van der Waals surface area (Å²) in [6.45, 7) is 1.55. The number of carbonyl (C=O) groups excluding carboxylic acids is 1. The molecule has 2 aromatic rings. The van der Waals surface area contributed by atoms with Crippen LogP contribution in [0.1, 0.15) is 17.7 Å². The van der Waals surface area contributed by atoms with Crippen molar-refractivity contribution < 1.29 is 13.9 Å². The molecule has 0 aliphatic rings. The molecule has 0 fully saturated rings. The standard InChI is InChI=1S/C16H20N2O3/c1-20-11-9-18(13-15-5-3-10-21-15)16(19)7-6-14-4-2-8-17-12-14/h2-5,8,10,12H,6-7,9,11,13H2,1H3. The molecule has 0 saturated heterocycles. The molecule has 0 aromatic carbocycles. The largest absolute Gasteiger partial charge is 0.467 e. The third-order valence-corrected chi connectivity index (χ3v) is 3.20. The van der Waals surface area contributed by atoms with Crippen LogP contribution in [-0.4, -0.2) is 36.1 Å². The second-order valence-corrected chi connectivity index (χ2v) is 4.75. The number of carbonyl (C=O) groups is 1. The van der Waals surface area contributed by atoms with Crippen molar-refractivity contribution in [1.29, 1.82) is 0 Å². The highest BCUT2D eigenvalue weighted by molar-refractivity contribution is 5.76. The minimum absolute atomic E-state index is 0.0901. The average Bonchev–Trinajstić information content (AvgIpc) is 3.03. The summed E-state index contributed by atoms with van der Waals surface area (Å²) in [5, 5.41) is 0. The summed E-state index contributed by atoms with van der Waals surface area (Å²) in [6, 6.07) is 7.55. The molecule has 5 nitrogen and oxygen atoms in total. The van der Waals surface area contributed by atoms with E-state index in [9.17, 15) is 4.79 Å². The first-order valence-electron chi connectivity index (χ1n) is 6.97. The van der Waals surface area contributed by atoms with E-state index in [1.807, 2.05) is 24.3 Å². The second kappa shape index (κ2) is 8.21. The number of hydrogen-bond donors (Lipinski definition) is 0. The van der Waals surface area contributed by atoms with Crippen LogP contribution in [0.2, 0.25) is 0 Å². The Hall–Kier alpha value is -2.14. The highest BCUT2D eigenvalue weighted by atomic mass is 16.5. The molecule has 0 N–H and O–H groups in total. The normalized spacial score (nSPS) is 10.5. The van der Waals surface area contributed by atoms with Gasteiger partial charge in [-0.15, -0.1) is 0 Å². The lowest BCUT2D eigenvalue weighted by Crippen LogP contribution is -2.33. The Bertz CT molecular complexity index is 526. The maximum atomic E-state index is 12.4. The van der Waals surface area contributed by atoms with Gasteiger partial charge in [0.25, 0.3) is 0 Å². The molecule has 0 spiro atoms. The first kappa shape index (κ1) is 15.3. The highest BCUT2D eigenvalue weighted by Gasteiger charge is 2.15. The topological polar surface area (TPSA) is 55.6 Å². The first-order chi connectivity index (χ1) is 10.3. The van der Waals surface area contributed by atoms with Gasteiger partial charge in [-0.2, -0.15) is 0 Å². The molecule has 2 rings (SSSR count). The van der Waals surface area contributed by atoms with E-state index >= 15 is 0 Å². The number of rotatable bonds is 8. The Labute approximate surface area is 124 Å². The van der Waals surface area contributed by atoms with E-state index in [4.69, 9.17) is 9.15 Å². The van der Waals surface area contributed by atoms with Crippen LogP contribution in [-0.2, 0) is 22.5 Å². The van der Waals surface area contributed by atoms with E-state index < -0.39 is 0 Å². The van der Waals surface area contributed by atoms with Gasteiger partial charge in [0.2, 0.25) is 5.91 Å². The van der Waals surface area contributed by atoms with Crippen LogP contribution < -0.4 is 0 Å². The number of furan rings is 1. The zero-order valence-electron chi connectivity index (χ0n) is 12.2. The van der Waals surface area contributed by atoms with Crippen molar-refractivity contribution >= 4 is 5.91 Å². The lowest BCUT2D eigenvalue weighted by Gasteiger charge is -2.21. The predicted octanol–water partition coefficient (Wildman–Crippen LogP) is 2.28. The SMILES string of the molecule is COCCN(Cc1ccco1)C(=O)CCc1cccnc1. The van der Waals surface area contributed by atoms with Crippen LogP contribution in [0.5, 0.6) is 0 Å². The van der Waals surface area contributed by atoms with Crippen LogP contribution in [0.4, 0.5) is 0 Å². The van der Waals surface area contributed by atoms with Crippen molar-refractivity contribution in [3.05, 3.63) is 54.2 Å². The number of nitrogens with zero attached hydrogens (tertiary/aromatic N) is 2. The summed E-state index contributed by atoms with van der Waals surface area (Å²) in [5.74, 6) is 0.869. The van der Waals surface area contributed by atoms with Gasteiger partial charge in [0.15, 0.2) is 0 Å². The zero-order valence-corrected chi connectivity index (χ0v) is 12.2. The van der Waals surface area contributed by atoms with Gasteiger partial charge in [0.1, 0.15) is 5.76 Å². The molecule has 2 aromatic heterocycles. The number of aryl methyl sites for hydroxylation is 1. The van der Waals surface area contributed by atoms with Crippen molar-refractivity contribution in [2.24, 2.45) is 0 Å². The summed E-state index contributed by atoms with van der Waals surface area (Å²) in [7, 11) is 1.63. The monoisotopic (exact) mass is 288 g/mol. The van der Waals surface area contributed by atoms with Gasteiger partial charge >= 0.3 is 0 Å². The van der Waals surface area contributed by atoms with Crippen molar-refractivity contribution in [3.63, 3.8) is 0 Å². The maximum absolute atomic E-state index is 12.4. The van der Waals surface area contributed by atoms with Gasteiger partial charge in [0, 0.05) is 32.5 Å². The molecule has 2 heterocycles. The van der Waals surface area contributed by atoms with E-state index in [0.29, 0.717) is 32.5 Å². The molecule has 5 heteroatoms. The molecule has 0 aliphatic carbocycles. The van der Waals surface area contributed by atoms with Gasteiger partial charge < -0.3 is 14.1 Å². The minimum atomic E-state index is 0.0901. The first-order valence-corrected chi connectivity index (χ1v) is 6.97. The fourth-order valence-corrected chi connectivity index (χ4v) is 2.04. The Morgan fingerprint density at radius 1 is 1.38 bits per heavy atom. The molecule has 112 valence electrons. The summed E-state index contributed by atoms with van der Waals surface area (Å²) in [4.78, 5) is 18.2. The number of pyridine rings is 1. The highest BCUT2D eigenvalue weighted by Crippen LogP contribution is 2.09. The van der Waals surface area contributed by atoms with Crippen molar-refractivity contribution in [3.8, 4) is 0 Å². The van der Waals surface area contributed by atoms with Crippen LogP contribution in [0.3, 0.4) is 0 Å². The van der Waals surface area contributed by atoms with E-state index in [1.54, 1.807) is 30.7 Å². The summed E-state index contributed by atoms with van der Waals surface area (Å²) < 4.78 is 10.4. The van der Waals surface area contributed by atoms with Crippen LogP contribution in [0.25, 0.3) is 0 Å². The summed E-state index contributed by atoms with van der Waals surface area (Å²) in [5.41, 5.74) is 1.07. The zero-order chi connectivity index (χ0) is 14.9. The van der Waals surface area contributed by atoms with Crippen LogP contribution in [0, 0.1) is 0 Å². The molecule has 1 amide bonds. The summed E-state index contributed by atoms with van der Waals surface area (Å²) >= 11 is 0. The van der Waals surface area contributed by atoms with Gasteiger partial charge in [0.05, 0.1) is 19.4 Å². The van der Waals surface area contributed by atoms with Crippen LogP contribution in [0.15, 0.2) is 47.3 Å². The number of hydrogen-bond acceptors (Lipinski definition) is 4. The molecule has 21 heavy (non-hydrogen) atoms. The van der Waals surface area contributed by atoms with E-state index in [1.165, 1.54) is 0 Å². The molecule has 0 radical (unpaired) electrons. The Morgan fingerprint density at radius 2 is 2.29 bits per heavy atom. The Kier molecular flexibility index (Phi) is 5.97. The summed E-state index contributed by atoms with van der Waals surface area (Å²) in [6.07, 6.45) is 6.28. The number of ether oxygens (including phenoxy) is 1. The lowest BCUT2D eigenvalue weighted by molar-refractivity contribution is -0.132. The molecular weight excluding hydrogens is 268 g/mol. The molecular formula is C16H20N2O3. The number of methoxy groups -OCH3 is 1. The third kappa shape index (κ3) is 5.04. The number of amides is 1. The van der Waals surface area contributed by atoms with Crippen molar-refractivity contribution in [1.82, 2.24) is 9.88 Å². The Balaban J connectivity index is 1.90. The van der Waals surface area contributed by atoms with Gasteiger partial charge in [-0.05, 0) is 30.2 Å². The maximum Gasteiger partial charge on any atom is 0.223 e. The van der Waals surface area contributed by atoms with Gasteiger partial charge in [-0.3, -0.25) is 9.78 Å². The minimum Gasteiger partial charge on any atom is -0.467 e. The molecule has 0 saturated carbocycles. The smallest absolute Gasteiger partial charge is 0.223 e. The van der Waals surface area contributed by atoms with Gasteiger partial charge in [-0.1, -0.05) is 6.07 Å². The number of aromatic nitrogens is 1. The average molecular weight is 288 g/mol.